The van der Waals surface area contributed by atoms with Crippen LogP contribution >= 0.6 is 0 Å². The van der Waals surface area contributed by atoms with Crippen LogP contribution in [0.25, 0.3) is 16.5 Å². The number of para-hydroxylation sites is 1. The molecule has 0 saturated carbocycles. The molecule has 0 saturated heterocycles. The van der Waals surface area contributed by atoms with Crippen LogP contribution < -0.4 is 0 Å². The first-order chi connectivity index (χ1) is 18.7. The summed E-state index contributed by atoms with van der Waals surface area (Å²) in [7, 11) is 0. The SMILES string of the molecule is C/C(=C/CCN(Cc1ccccc1)C(=O)OCc1ccccc1)c1cc2ccccc2n1C(=O)OC(C)(C)C. The molecule has 4 rings (SSSR count). The summed E-state index contributed by atoms with van der Waals surface area (Å²) in [6, 6.07) is 29.3. The molecule has 0 unspecified atom stereocenters. The van der Waals surface area contributed by atoms with Crippen LogP contribution in [0, 0.1) is 0 Å². The molecule has 3 aromatic carbocycles. The van der Waals surface area contributed by atoms with Crippen LogP contribution in [0.2, 0.25) is 0 Å². The number of fused-ring (bicyclic) bond motifs is 1. The summed E-state index contributed by atoms with van der Waals surface area (Å²) in [6.07, 6.45) is 1.87. The van der Waals surface area contributed by atoms with E-state index in [1.165, 1.54) is 0 Å². The van der Waals surface area contributed by atoms with Gasteiger partial charge in [0.15, 0.2) is 0 Å². The van der Waals surface area contributed by atoms with Crippen LogP contribution in [0.4, 0.5) is 9.59 Å². The van der Waals surface area contributed by atoms with Gasteiger partial charge in [0.2, 0.25) is 0 Å². The lowest BCUT2D eigenvalue weighted by Gasteiger charge is -2.22. The first-order valence-corrected chi connectivity index (χ1v) is 13.2. The zero-order chi connectivity index (χ0) is 27.8. The van der Waals surface area contributed by atoms with E-state index in [2.05, 4.69) is 6.08 Å². The van der Waals surface area contributed by atoms with E-state index < -0.39 is 11.7 Å². The molecule has 39 heavy (non-hydrogen) atoms. The highest BCUT2D eigenvalue weighted by molar-refractivity contribution is 5.94. The fourth-order valence-corrected chi connectivity index (χ4v) is 4.34. The van der Waals surface area contributed by atoms with Gasteiger partial charge in [0.25, 0.3) is 0 Å². The number of carbonyl (C=O) groups is 2. The molecule has 4 aromatic rings. The van der Waals surface area contributed by atoms with Crippen molar-refractivity contribution in [2.45, 2.75) is 52.9 Å². The molecular weight excluding hydrogens is 488 g/mol. The van der Waals surface area contributed by atoms with Crippen molar-refractivity contribution >= 4 is 28.7 Å². The van der Waals surface area contributed by atoms with Crippen LogP contribution in [-0.4, -0.2) is 33.8 Å². The minimum absolute atomic E-state index is 0.218. The zero-order valence-electron chi connectivity index (χ0n) is 23.1. The average molecular weight is 525 g/mol. The Balaban J connectivity index is 1.52. The molecule has 0 aliphatic heterocycles. The number of allylic oxidation sites excluding steroid dienone is 1. The second kappa shape index (κ2) is 12.5. The third kappa shape index (κ3) is 7.60. The summed E-state index contributed by atoms with van der Waals surface area (Å²) >= 11 is 0. The third-order valence-corrected chi connectivity index (χ3v) is 6.22. The van der Waals surface area contributed by atoms with Crippen LogP contribution in [0.3, 0.4) is 0 Å². The Bertz CT molecular complexity index is 1430. The molecule has 0 spiro atoms. The molecule has 1 aromatic heterocycles. The number of carbonyl (C=O) groups excluding carboxylic acids is 2. The van der Waals surface area contributed by atoms with E-state index in [4.69, 9.17) is 9.47 Å². The van der Waals surface area contributed by atoms with Crippen molar-refractivity contribution in [1.29, 1.82) is 0 Å². The van der Waals surface area contributed by atoms with Crippen molar-refractivity contribution in [3.05, 3.63) is 114 Å². The Hall–Kier alpha value is -4.32. The molecule has 6 nitrogen and oxygen atoms in total. The highest BCUT2D eigenvalue weighted by Gasteiger charge is 2.23. The van der Waals surface area contributed by atoms with E-state index in [0.717, 1.165) is 33.3 Å². The average Bonchev–Trinajstić information content (AvgIpc) is 3.31. The number of aromatic nitrogens is 1. The maximum absolute atomic E-state index is 13.2. The normalized spacial score (nSPS) is 11.8. The Morgan fingerprint density at radius 1 is 0.872 bits per heavy atom. The maximum Gasteiger partial charge on any atom is 0.419 e. The molecule has 202 valence electrons. The summed E-state index contributed by atoms with van der Waals surface area (Å²) < 4.78 is 13.0. The first kappa shape index (κ1) is 27.7. The molecule has 0 bridgehead atoms. The minimum atomic E-state index is -0.616. The summed E-state index contributed by atoms with van der Waals surface area (Å²) in [5.41, 5.74) is 3.84. The standard InChI is InChI=1S/C33H36N2O4/c1-25(30-22-28-19-11-12-20-29(28)35(30)32(37)39-33(2,3)4)14-13-21-34(23-26-15-7-5-8-16-26)31(36)38-24-27-17-9-6-10-18-27/h5-12,14-20,22H,13,21,23-24H2,1-4H3/b25-14-. The van der Waals surface area contributed by atoms with Gasteiger partial charge in [0.1, 0.15) is 12.2 Å². The summed E-state index contributed by atoms with van der Waals surface area (Å²) in [5, 5.41) is 0.960. The molecule has 1 amide bonds. The molecule has 0 radical (unpaired) electrons. The van der Waals surface area contributed by atoms with Gasteiger partial charge < -0.3 is 14.4 Å². The number of benzene rings is 3. The van der Waals surface area contributed by atoms with Gasteiger partial charge >= 0.3 is 12.2 Å². The van der Waals surface area contributed by atoms with Gasteiger partial charge in [0.05, 0.1) is 11.2 Å². The van der Waals surface area contributed by atoms with Gasteiger partial charge in [-0.05, 0) is 62.9 Å². The highest BCUT2D eigenvalue weighted by Crippen LogP contribution is 2.27. The Morgan fingerprint density at radius 2 is 1.49 bits per heavy atom. The van der Waals surface area contributed by atoms with E-state index in [0.29, 0.717) is 19.5 Å². The van der Waals surface area contributed by atoms with Gasteiger partial charge in [-0.15, -0.1) is 0 Å². The van der Waals surface area contributed by atoms with E-state index in [1.807, 2.05) is 119 Å². The number of hydrogen-bond acceptors (Lipinski definition) is 4. The van der Waals surface area contributed by atoms with E-state index in [-0.39, 0.29) is 12.7 Å². The van der Waals surface area contributed by atoms with Crippen LogP contribution in [-0.2, 0) is 22.6 Å². The smallest absolute Gasteiger partial charge is 0.419 e. The molecule has 0 aliphatic rings. The van der Waals surface area contributed by atoms with Gasteiger partial charge in [0, 0.05) is 18.5 Å². The summed E-state index contributed by atoms with van der Waals surface area (Å²) in [6.45, 7) is 8.68. The molecule has 0 aliphatic carbocycles. The van der Waals surface area contributed by atoms with Crippen LogP contribution in [0.5, 0.6) is 0 Å². The van der Waals surface area contributed by atoms with Crippen molar-refractivity contribution in [2.24, 2.45) is 0 Å². The fourth-order valence-electron chi connectivity index (χ4n) is 4.34. The number of ether oxygens (including phenoxy) is 2. The second-order valence-electron chi connectivity index (χ2n) is 10.5. The molecular formula is C33H36N2O4. The first-order valence-electron chi connectivity index (χ1n) is 13.2. The van der Waals surface area contributed by atoms with Crippen LogP contribution in [0.1, 0.15) is 50.9 Å². The van der Waals surface area contributed by atoms with E-state index in [9.17, 15) is 9.59 Å². The zero-order valence-corrected chi connectivity index (χ0v) is 23.1. The third-order valence-electron chi connectivity index (χ3n) is 6.22. The molecule has 6 heteroatoms. The summed E-state index contributed by atoms with van der Waals surface area (Å²) in [5.74, 6) is 0. The predicted octanol–water partition coefficient (Wildman–Crippen LogP) is 8.06. The van der Waals surface area contributed by atoms with E-state index >= 15 is 0 Å². The monoisotopic (exact) mass is 524 g/mol. The van der Waals surface area contributed by atoms with Crippen LogP contribution in [0.15, 0.2) is 97.1 Å². The molecule has 0 N–H and O–H groups in total. The fraction of sp³-hybridized carbons (Fsp3) is 0.273. The molecule has 0 fully saturated rings. The van der Waals surface area contributed by atoms with Gasteiger partial charge in [-0.1, -0.05) is 84.9 Å². The lowest BCUT2D eigenvalue weighted by molar-refractivity contribution is 0.0543. The minimum Gasteiger partial charge on any atom is -0.445 e. The van der Waals surface area contributed by atoms with Crippen molar-refractivity contribution < 1.29 is 19.1 Å². The Kier molecular flexibility index (Phi) is 8.87. The van der Waals surface area contributed by atoms with Gasteiger partial charge in [-0.2, -0.15) is 0 Å². The number of rotatable bonds is 8. The molecule has 1 heterocycles. The topological polar surface area (TPSA) is 60.8 Å². The van der Waals surface area contributed by atoms with Crippen molar-refractivity contribution in [2.75, 3.05) is 6.54 Å². The van der Waals surface area contributed by atoms with Crippen molar-refractivity contribution in [3.63, 3.8) is 0 Å². The lowest BCUT2D eigenvalue weighted by Crippen LogP contribution is -2.32. The highest BCUT2D eigenvalue weighted by atomic mass is 16.6. The van der Waals surface area contributed by atoms with E-state index in [1.54, 1.807) is 9.47 Å². The number of amides is 1. The lowest BCUT2D eigenvalue weighted by atomic mass is 10.1. The molecule has 0 atom stereocenters. The Labute approximate surface area is 230 Å². The largest absolute Gasteiger partial charge is 0.445 e. The van der Waals surface area contributed by atoms with Crippen molar-refractivity contribution in [3.8, 4) is 0 Å². The Morgan fingerprint density at radius 3 is 2.15 bits per heavy atom. The number of hydrogen-bond donors (Lipinski definition) is 0. The van der Waals surface area contributed by atoms with Gasteiger partial charge in [-0.3, -0.25) is 0 Å². The second-order valence-corrected chi connectivity index (χ2v) is 10.5. The number of nitrogens with zero attached hydrogens (tertiary/aromatic N) is 2. The maximum atomic E-state index is 13.2. The predicted molar refractivity (Wildman–Crippen MR) is 155 cm³/mol. The summed E-state index contributed by atoms with van der Waals surface area (Å²) in [4.78, 5) is 28.0. The van der Waals surface area contributed by atoms with Gasteiger partial charge in [-0.25, -0.2) is 14.2 Å². The quantitative estimate of drug-likeness (QED) is 0.234. The van der Waals surface area contributed by atoms with Crippen molar-refractivity contribution in [1.82, 2.24) is 9.47 Å².